The first kappa shape index (κ1) is 26.2. The normalized spacial score (nSPS) is 12.2. The number of sulfonamides is 1. The van der Waals surface area contributed by atoms with Crippen LogP contribution in [0.4, 0.5) is 0 Å². The van der Waals surface area contributed by atoms with Gasteiger partial charge in [0.05, 0.1) is 26.0 Å². The molecule has 7 nitrogen and oxygen atoms in total. The molecular formula is C24H27Cl2N3O4S. The van der Waals surface area contributed by atoms with E-state index in [1.54, 1.807) is 0 Å². The molecule has 0 aliphatic heterocycles. The molecule has 34 heavy (non-hydrogen) atoms. The SMILES string of the molecule is CC(C)c1cc(C(C)C)c(S(=O)(=O)NC(=O)c2nc3cc(Cl)c(Cl)cc3[nH]c2=O)c(C(C)C)c1. The van der Waals surface area contributed by atoms with E-state index in [1.165, 1.54) is 12.1 Å². The van der Waals surface area contributed by atoms with Crippen LogP contribution >= 0.6 is 23.2 Å². The van der Waals surface area contributed by atoms with Gasteiger partial charge in [-0.3, -0.25) is 9.59 Å². The second-order valence-corrected chi connectivity index (χ2v) is 11.6. The van der Waals surface area contributed by atoms with Crippen molar-refractivity contribution in [2.24, 2.45) is 0 Å². The van der Waals surface area contributed by atoms with Crippen LogP contribution in [-0.4, -0.2) is 24.3 Å². The number of aromatic amines is 1. The Hall–Kier alpha value is -2.42. The molecule has 1 aromatic heterocycles. The summed E-state index contributed by atoms with van der Waals surface area (Å²) in [6, 6.07) is 6.53. The highest BCUT2D eigenvalue weighted by molar-refractivity contribution is 7.90. The Labute approximate surface area is 208 Å². The summed E-state index contributed by atoms with van der Waals surface area (Å²) in [5, 5.41) is 0.389. The van der Waals surface area contributed by atoms with Crippen molar-refractivity contribution in [3.63, 3.8) is 0 Å². The van der Waals surface area contributed by atoms with E-state index in [-0.39, 0.29) is 43.7 Å². The van der Waals surface area contributed by atoms with Crippen molar-refractivity contribution in [3.8, 4) is 0 Å². The van der Waals surface area contributed by atoms with E-state index < -0.39 is 27.2 Å². The lowest BCUT2D eigenvalue weighted by Gasteiger charge is -2.22. The van der Waals surface area contributed by atoms with Gasteiger partial charge in [-0.15, -0.1) is 0 Å². The summed E-state index contributed by atoms with van der Waals surface area (Å²) >= 11 is 12.0. The molecule has 1 heterocycles. The number of benzene rings is 2. The van der Waals surface area contributed by atoms with Crippen LogP contribution in [0.5, 0.6) is 0 Å². The first-order chi connectivity index (χ1) is 15.7. The fourth-order valence-electron chi connectivity index (χ4n) is 3.66. The van der Waals surface area contributed by atoms with Crippen LogP contribution in [0, 0.1) is 0 Å². The number of hydrogen-bond donors (Lipinski definition) is 2. The summed E-state index contributed by atoms with van der Waals surface area (Å²) in [5.74, 6) is -1.17. The van der Waals surface area contributed by atoms with E-state index in [9.17, 15) is 18.0 Å². The van der Waals surface area contributed by atoms with Crippen molar-refractivity contribution in [2.75, 3.05) is 0 Å². The zero-order valence-electron chi connectivity index (χ0n) is 19.8. The van der Waals surface area contributed by atoms with E-state index >= 15 is 0 Å². The van der Waals surface area contributed by atoms with E-state index in [2.05, 4.69) is 14.7 Å². The van der Waals surface area contributed by atoms with Gasteiger partial charge in [0.25, 0.3) is 21.5 Å². The number of rotatable bonds is 6. The summed E-state index contributed by atoms with van der Waals surface area (Å²) < 4.78 is 29.1. The van der Waals surface area contributed by atoms with Crippen molar-refractivity contribution < 1.29 is 13.2 Å². The van der Waals surface area contributed by atoms with Gasteiger partial charge in [-0.2, -0.15) is 0 Å². The molecule has 2 aromatic carbocycles. The molecule has 3 aromatic rings. The minimum absolute atomic E-state index is 0.0577. The van der Waals surface area contributed by atoms with Crippen molar-refractivity contribution >= 4 is 50.2 Å². The Balaban J connectivity index is 2.14. The largest absolute Gasteiger partial charge is 0.319 e. The summed E-state index contributed by atoms with van der Waals surface area (Å²) in [4.78, 5) is 32.1. The number of fused-ring (bicyclic) bond motifs is 1. The number of halogens is 2. The van der Waals surface area contributed by atoms with Gasteiger partial charge in [0, 0.05) is 0 Å². The van der Waals surface area contributed by atoms with Crippen LogP contribution in [0.3, 0.4) is 0 Å². The molecule has 0 unspecified atom stereocenters. The average molecular weight is 524 g/mol. The number of nitrogens with zero attached hydrogens (tertiary/aromatic N) is 1. The molecule has 0 fully saturated rings. The van der Waals surface area contributed by atoms with Gasteiger partial charge in [-0.25, -0.2) is 18.1 Å². The zero-order valence-corrected chi connectivity index (χ0v) is 22.1. The third kappa shape index (κ3) is 5.14. The molecule has 2 N–H and O–H groups in total. The number of nitrogens with one attached hydrogen (secondary N) is 2. The van der Waals surface area contributed by atoms with E-state index in [0.29, 0.717) is 11.1 Å². The summed E-state index contributed by atoms with van der Waals surface area (Å²) in [6.07, 6.45) is 0. The third-order valence-electron chi connectivity index (χ3n) is 5.52. The van der Waals surface area contributed by atoms with E-state index in [1.807, 2.05) is 53.7 Å². The quantitative estimate of drug-likeness (QED) is 0.429. The molecule has 0 aliphatic rings. The van der Waals surface area contributed by atoms with Crippen molar-refractivity contribution in [1.82, 2.24) is 14.7 Å². The molecule has 0 spiro atoms. The summed E-state index contributed by atoms with van der Waals surface area (Å²) in [7, 11) is -4.33. The molecule has 0 radical (unpaired) electrons. The van der Waals surface area contributed by atoms with Crippen molar-refractivity contribution in [1.29, 1.82) is 0 Å². The van der Waals surface area contributed by atoms with E-state index in [0.717, 1.165) is 5.56 Å². The highest BCUT2D eigenvalue weighted by Gasteiger charge is 2.30. The summed E-state index contributed by atoms with van der Waals surface area (Å²) in [6.45, 7) is 11.7. The second kappa shape index (κ2) is 9.68. The number of aromatic nitrogens is 2. The number of amides is 1. The minimum Gasteiger partial charge on any atom is -0.319 e. The first-order valence-electron chi connectivity index (χ1n) is 10.9. The molecule has 0 atom stereocenters. The molecule has 10 heteroatoms. The number of carbonyl (C=O) groups excluding carboxylic acids is 1. The maximum Gasteiger partial charge on any atom is 0.289 e. The van der Waals surface area contributed by atoms with Gasteiger partial charge in [0.1, 0.15) is 0 Å². The molecule has 1 amide bonds. The van der Waals surface area contributed by atoms with Crippen LogP contribution in [-0.2, 0) is 10.0 Å². The van der Waals surface area contributed by atoms with Crippen molar-refractivity contribution in [3.05, 3.63) is 67.0 Å². The number of carbonyl (C=O) groups is 1. The zero-order chi connectivity index (χ0) is 25.5. The molecule has 0 bridgehead atoms. The molecule has 182 valence electrons. The van der Waals surface area contributed by atoms with Crippen LogP contribution in [0.1, 0.15) is 86.5 Å². The average Bonchev–Trinajstić information content (AvgIpc) is 2.72. The fraction of sp³-hybridized carbons (Fsp3) is 0.375. The lowest BCUT2D eigenvalue weighted by atomic mass is 9.89. The minimum atomic E-state index is -4.33. The Morgan fingerprint density at radius 3 is 1.94 bits per heavy atom. The predicted octanol–water partition coefficient (Wildman–Crippen LogP) is 5.72. The fourth-order valence-corrected chi connectivity index (χ4v) is 5.63. The van der Waals surface area contributed by atoms with Gasteiger partial charge in [0.2, 0.25) is 0 Å². The van der Waals surface area contributed by atoms with Crippen molar-refractivity contribution in [2.45, 2.75) is 64.2 Å². The summed E-state index contributed by atoms with van der Waals surface area (Å²) in [5.41, 5.74) is 1.26. The maximum atomic E-state index is 13.5. The predicted molar refractivity (Wildman–Crippen MR) is 136 cm³/mol. The molecular weight excluding hydrogens is 497 g/mol. The van der Waals surface area contributed by atoms with Crippen LogP contribution in [0.25, 0.3) is 11.0 Å². The molecule has 0 aliphatic carbocycles. The van der Waals surface area contributed by atoms with Crippen LogP contribution in [0.2, 0.25) is 10.0 Å². The lowest BCUT2D eigenvalue weighted by molar-refractivity contribution is 0.0975. The Kier molecular flexibility index (Phi) is 7.45. The second-order valence-electron chi connectivity index (χ2n) is 9.13. The molecule has 0 saturated heterocycles. The van der Waals surface area contributed by atoms with Gasteiger partial charge in [-0.1, -0.05) is 76.9 Å². The van der Waals surface area contributed by atoms with Gasteiger partial charge in [0.15, 0.2) is 5.69 Å². The molecule has 0 saturated carbocycles. The van der Waals surface area contributed by atoms with Gasteiger partial charge in [-0.05, 0) is 46.6 Å². The lowest BCUT2D eigenvalue weighted by Crippen LogP contribution is -2.36. The number of hydrogen-bond acceptors (Lipinski definition) is 5. The smallest absolute Gasteiger partial charge is 0.289 e. The van der Waals surface area contributed by atoms with Gasteiger partial charge < -0.3 is 4.98 Å². The third-order valence-corrected chi connectivity index (χ3v) is 7.71. The monoisotopic (exact) mass is 523 g/mol. The first-order valence-corrected chi connectivity index (χ1v) is 13.1. The standard InChI is InChI=1S/C24H27Cl2N3O4S/c1-11(2)14-7-15(12(3)4)22(16(8-14)13(5)6)34(32,33)29-24(31)21-23(30)28-20-10-18(26)17(25)9-19(20)27-21/h7-13H,1-6H3,(H,28,30)(H,29,31). The Morgan fingerprint density at radius 1 is 0.912 bits per heavy atom. The Bertz CT molecular complexity index is 1420. The van der Waals surface area contributed by atoms with E-state index in [4.69, 9.17) is 23.2 Å². The maximum absolute atomic E-state index is 13.5. The molecule has 3 rings (SSSR count). The topological polar surface area (TPSA) is 109 Å². The highest BCUT2D eigenvalue weighted by atomic mass is 35.5. The Morgan fingerprint density at radius 2 is 1.44 bits per heavy atom. The highest BCUT2D eigenvalue weighted by Crippen LogP contribution is 2.35. The number of H-pyrrole nitrogens is 1. The van der Waals surface area contributed by atoms with Crippen LogP contribution in [0.15, 0.2) is 34.0 Å². The van der Waals surface area contributed by atoms with Crippen LogP contribution < -0.4 is 10.3 Å². The van der Waals surface area contributed by atoms with Gasteiger partial charge >= 0.3 is 0 Å².